The molecule has 0 aliphatic carbocycles. The second-order valence-corrected chi connectivity index (χ2v) is 4.76. The molecule has 0 unspecified atom stereocenters. The fourth-order valence-corrected chi connectivity index (χ4v) is 1.89. The Bertz CT molecular complexity index is 724. The lowest BCUT2D eigenvalue weighted by molar-refractivity contribution is -0.121. The number of hydrazine groups is 1. The zero-order valence-electron chi connectivity index (χ0n) is 12.6. The summed E-state index contributed by atoms with van der Waals surface area (Å²) in [5.74, 6) is -1.11. The van der Waals surface area contributed by atoms with Crippen LogP contribution in [0.1, 0.15) is 27.6 Å². The monoisotopic (exact) mass is 308 g/mol. The third-order valence-electron chi connectivity index (χ3n) is 2.95. The minimum absolute atomic E-state index is 0.262. The van der Waals surface area contributed by atoms with Gasteiger partial charge < -0.3 is 0 Å². The topological polar surface area (TPSA) is 66.5 Å². The van der Waals surface area contributed by atoms with Crippen molar-refractivity contribution >= 4 is 17.6 Å². The predicted molar refractivity (Wildman–Crippen MR) is 86.3 cm³/mol. The zero-order valence-corrected chi connectivity index (χ0v) is 12.6. The molecule has 5 nitrogen and oxygen atoms in total. The van der Waals surface area contributed by atoms with Crippen molar-refractivity contribution in [2.24, 2.45) is 0 Å². The molecule has 0 aliphatic heterocycles. The Morgan fingerprint density at radius 2 is 1.39 bits per heavy atom. The highest BCUT2D eigenvalue weighted by molar-refractivity contribution is 6.05. The molecule has 5 heteroatoms. The largest absolute Gasteiger partial charge is 0.289 e. The molecule has 2 aromatic rings. The van der Waals surface area contributed by atoms with Crippen LogP contribution >= 0.6 is 0 Å². The lowest BCUT2D eigenvalue weighted by atomic mass is 10.1. The van der Waals surface area contributed by atoms with E-state index >= 15 is 0 Å². The SMILES string of the molecule is CC(=O)NN(/C=C/C(=O)c1ccccc1)C(=O)c1ccccc1. The summed E-state index contributed by atoms with van der Waals surface area (Å²) in [6, 6.07) is 17.1. The molecule has 0 bridgehead atoms. The maximum Gasteiger partial charge on any atom is 0.276 e. The van der Waals surface area contributed by atoms with Gasteiger partial charge in [0.1, 0.15) is 0 Å². The lowest BCUT2D eigenvalue weighted by Crippen LogP contribution is -2.41. The number of ketones is 1. The van der Waals surface area contributed by atoms with Gasteiger partial charge >= 0.3 is 0 Å². The summed E-state index contributed by atoms with van der Waals surface area (Å²) >= 11 is 0. The summed E-state index contributed by atoms with van der Waals surface area (Å²) in [5, 5.41) is 0.999. The van der Waals surface area contributed by atoms with E-state index in [0.717, 1.165) is 5.01 Å². The van der Waals surface area contributed by atoms with Crippen LogP contribution in [0.3, 0.4) is 0 Å². The zero-order chi connectivity index (χ0) is 16.7. The average molecular weight is 308 g/mol. The Morgan fingerprint density at radius 3 is 1.91 bits per heavy atom. The average Bonchev–Trinajstić information content (AvgIpc) is 2.59. The van der Waals surface area contributed by atoms with Crippen molar-refractivity contribution in [2.45, 2.75) is 6.92 Å². The molecule has 116 valence electrons. The number of carbonyl (C=O) groups is 3. The minimum atomic E-state index is -0.432. The highest BCUT2D eigenvalue weighted by atomic mass is 16.2. The van der Waals surface area contributed by atoms with E-state index in [1.165, 1.54) is 19.2 Å². The summed E-state index contributed by atoms with van der Waals surface area (Å²) in [5.41, 5.74) is 3.29. The van der Waals surface area contributed by atoms with Crippen molar-refractivity contribution in [2.75, 3.05) is 0 Å². The van der Waals surface area contributed by atoms with Gasteiger partial charge in [0.25, 0.3) is 5.91 Å². The number of amides is 2. The van der Waals surface area contributed by atoms with Gasteiger partial charge in [-0.25, -0.2) is 5.01 Å². The maximum atomic E-state index is 12.4. The van der Waals surface area contributed by atoms with Gasteiger partial charge in [-0.2, -0.15) is 0 Å². The molecule has 2 rings (SSSR count). The fourth-order valence-electron chi connectivity index (χ4n) is 1.89. The van der Waals surface area contributed by atoms with Crippen LogP contribution in [-0.4, -0.2) is 22.6 Å². The molecule has 0 saturated heterocycles. The van der Waals surface area contributed by atoms with Crippen LogP contribution in [0.4, 0.5) is 0 Å². The van der Waals surface area contributed by atoms with Crippen LogP contribution < -0.4 is 5.43 Å². The van der Waals surface area contributed by atoms with Gasteiger partial charge in [-0.1, -0.05) is 48.5 Å². The summed E-state index contributed by atoms with van der Waals surface area (Å²) in [6.07, 6.45) is 2.50. The Kier molecular flexibility index (Phi) is 5.41. The van der Waals surface area contributed by atoms with Crippen LogP contribution in [0.15, 0.2) is 72.9 Å². The van der Waals surface area contributed by atoms with Crippen molar-refractivity contribution in [3.63, 3.8) is 0 Å². The second kappa shape index (κ2) is 7.70. The molecule has 0 radical (unpaired) electrons. The second-order valence-electron chi connectivity index (χ2n) is 4.76. The predicted octanol–water partition coefficient (Wildman–Crippen LogP) is 2.58. The number of carbonyl (C=O) groups excluding carboxylic acids is 3. The van der Waals surface area contributed by atoms with Gasteiger partial charge in [-0.3, -0.25) is 19.8 Å². The molecule has 0 aliphatic rings. The molecule has 0 atom stereocenters. The van der Waals surface area contributed by atoms with Crippen LogP contribution in [0, 0.1) is 0 Å². The number of allylic oxidation sites excluding steroid dienone is 1. The normalized spacial score (nSPS) is 10.3. The van der Waals surface area contributed by atoms with Crippen molar-refractivity contribution in [3.8, 4) is 0 Å². The van der Waals surface area contributed by atoms with Crippen LogP contribution in [0.25, 0.3) is 0 Å². The molecule has 2 aromatic carbocycles. The molecule has 2 amide bonds. The van der Waals surface area contributed by atoms with Crippen LogP contribution in [0.5, 0.6) is 0 Å². The van der Waals surface area contributed by atoms with Crippen molar-refractivity contribution in [1.29, 1.82) is 0 Å². The number of nitrogens with one attached hydrogen (secondary N) is 1. The van der Waals surface area contributed by atoms with Crippen molar-refractivity contribution in [1.82, 2.24) is 10.4 Å². The molecular formula is C18H16N2O3. The van der Waals surface area contributed by atoms with E-state index in [-0.39, 0.29) is 5.78 Å². The third kappa shape index (κ3) is 4.64. The van der Waals surface area contributed by atoms with Crippen LogP contribution in [-0.2, 0) is 4.79 Å². The fraction of sp³-hybridized carbons (Fsp3) is 0.0556. The summed E-state index contributed by atoms with van der Waals surface area (Å²) < 4.78 is 0. The molecule has 0 heterocycles. The van der Waals surface area contributed by atoms with Gasteiger partial charge in [0.15, 0.2) is 5.78 Å². The van der Waals surface area contributed by atoms with E-state index in [1.807, 2.05) is 6.07 Å². The number of hydrogen-bond acceptors (Lipinski definition) is 3. The highest BCUT2D eigenvalue weighted by Crippen LogP contribution is 2.05. The van der Waals surface area contributed by atoms with E-state index < -0.39 is 11.8 Å². The van der Waals surface area contributed by atoms with Gasteiger partial charge in [-0.15, -0.1) is 0 Å². The Balaban J connectivity index is 2.19. The van der Waals surface area contributed by atoms with Gasteiger partial charge in [0.2, 0.25) is 5.91 Å². The Morgan fingerprint density at radius 1 is 0.870 bits per heavy atom. The lowest BCUT2D eigenvalue weighted by Gasteiger charge is -2.18. The van der Waals surface area contributed by atoms with Crippen molar-refractivity contribution < 1.29 is 14.4 Å². The molecule has 23 heavy (non-hydrogen) atoms. The number of benzene rings is 2. The minimum Gasteiger partial charge on any atom is -0.289 e. The first-order chi connectivity index (χ1) is 11.1. The molecule has 0 fully saturated rings. The van der Waals surface area contributed by atoms with Crippen LogP contribution in [0.2, 0.25) is 0 Å². The van der Waals surface area contributed by atoms with E-state index in [2.05, 4.69) is 5.43 Å². The standard InChI is InChI=1S/C18H16N2O3/c1-14(21)19-20(18(23)16-10-6-3-7-11-16)13-12-17(22)15-8-4-2-5-9-15/h2-13H,1H3,(H,19,21)/b13-12+. The van der Waals surface area contributed by atoms with E-state index in [9.17, 15) is 14.4 Å². The molecular weight excluding hydrogens is 292 g/mol. The Labute approximate surface area is 134 Å². The molecule has 0 spiro atoms. The first-order valence-electron chi connectivity index (χ1n) is 7.01. The number of nitrogens with zero attached hydrogens (tertiary/aromatic N) is 1. The van der Waals surface area contributed by atoms with E-state index in [1.54, 1.807) is 54.6 Å². The van der Waals surface area contributed by atoms with Crippen molar-refractivity contribution in [3.05, 3.63) is 84.1 Å². The maximum absolute atomic E-state index is 12.4. The summed E-state index contributed by atoms with van der Waals surface area (Å²) in [4.78, 5) is 35.7. The number of hydrogen-bond donors (Lipinski definition) is 1. The molecule has 1 N–H and O–H groups in total. The summed E-state index contributed by atoms with van der Waals surface area (Å²) in [7, 11) is 0. The smallest absolute Gasteiger partial charge is 0.276 e. The highest BCUT2D eigenvalue weighted by Gasteiger charge is 2.14. The third-order valence-corrected chi connectivity index (χ3v) is 2.95. The van der Waals surface area contributed by atoms with Gasteiger partial charge in [-0.05, 0) is 12.1 Å². The van der Waals surface area contributed by atoms with Gasteiger partial charge in [0.05, 0.1) is 0 Å². The van der Waals surface area contributed by atoms with E-state index in [0.29, 0.717) is 11.1 Å². The quantitative estimate of drug-likeness (QED) is 0.536. The molecule has 0 saturated carbocycles. The number of rotatable bonds is 4. The van der Waals surface area contributed by atoms with Gasteiger partial charge in [0, 0.05) is 30.3 Å². The first kappa shape index (κ1) is 16.2. The Hall–Kier alpha value is -3.21. The van der Waals surface area contributed by atoms with E-state index in [4.69, 9.17) is 0 Å². The molecule has 0 aromatic heterocycles. The first-order valence-corrected chi connectivity index (χ1v) is 7.01. The summed E-state index contributed by atoms with van der Waals surface area (Å²) in [6.45, 7) is 1.29.